The van der Waals surface area contributed by atoms with Crippen LogP contribution in [0.4, 0.5) is 0 Å². The first kappa shape index (κ1) is 28.2. The van der Waals surface area contributed by atoms with Gasteiger partial charge in [-0.05, 0) is 35.4 Å². The SMILES string of the molecule is COc1ccc(C(C)(C)COCc2ccccc2)cc1[S+]([O-])NC(=O)c1ccc(Cn2cccn2)c(OC)n1. The van der Waals surface area contributed by atoms with Crippen LogP contribution in [0.25, 0.3) is 0 Å². The van der Waals surface area contributed by atoms with Gasteiger partial charge in [-0.1, -0.05) is 50.2 Å². The van der Waals surface area contributed by atoms with Crippen LogP contribution in [0, 0.1) is 0 Å². The van der Waals surface area contributed by atoms with Crippen LogP contribution in [0.2, 0.25) is 0 Å². The highest BCUT2D eigenvalue weighted by Gasteiger charge is 2.28. The number of amides is 1. The van der Waals surface area contributed by atoms with E-state index < -0.39 is 17.3 Å². The Morgan fingerprint density at radius 2 is 1.85 bits per heavy atom. The fourth-order valence-electron chi connectivity index (χ4n) is 3.98. The number of ether oxygens (including phenoxy) is 3. The summed E-state index contributed by atoms with van der Waals surface area (Å²) >= 11 is -1.91. The number of hydrogen-bond acceptors (Lipinski definition) is 7. The summed E-state index contributed by atoms with van der Waals surface area (Å²) in [6.45, 7) is 5.47. The molecule has 4 rings (SSSR count). The van der Waals surface area contributed by atoms with E-state index in [4.69, 9.17) is 14.2 Å². The number of nitrogens with zero attached hydrogens (tertiary/aromatic N) is 3. The lowest BCUT2D eigenvalue weighted by atomic mass is 9.85. The van der Waals surface area contributed by atoms with E-state index in [-0.39, 0.29) is 11.1 Å². The molecule has 0 spiro atoms. The molecule has 0 fully saturated rings. The van der Waals surface area contributed by atoms with Crippen molar-refractivity contribution >= 4 is 17.3 Å². The summed E-state index contributed by atoms with van der Waals surface area (Å²) in [5.41, 5.74) is 2.44. The van der Waals surface area contributed by atoms with E-state index in [2.05, 4.69) is 14.8 Å². The highest BCUT2D eigenvalue weighted by molar-refractivity contribution is 7.90. The van der Waals surface area contributed by atoms with Gasteiger partial charge in [-0.2, -0.15) is 9.82 Å². The van der Waals surface area contributed by atoms with E-state index in [9.17, 15) is 9.35 Å². The smallest absolute Gasteiger partial charge is 0.311 e. The van der Waals surface area contributed by atoms with Gasteiger partial charge in [0, 0.05) is 29.4 Å². The van der Waals surface area contributed by atoms with Crippen molar-refractivity contribution in [3.8, 4) is 11.6 Å². The van der Waals surface area contributed by atoms with E-state index >= 15 is 0 Å². The van der Waals surface area contributed by atoms with Crippen molar-refractivity contribution in [3.05, 3.63) is 102 Å². The molecule has 1 unspecified atom stereocenters. The number of aromatic nitrogens is 3. The largest absolute Gasteiger partial charge is 0.588 e. The molecule has 2 aromatic carbocycles. The quantitative estimate of drug-likeness (QED) is 0.263. The van der Waals surface area contributed by atoms with E-state index in [1.165, 1.54) is 14.2 Å². The number of rotatable bonds is 12. The number of pyridine rings is 1. The minimum absolute atomic E-state index is 0.0779. The topological polar surface area (TPSA) is 111 Å². The van der Waals surface area contributed by atoms with Crippen LogP contribution in [0.15, 0.2) is 84.0 Å². The Kier molecular flexibility index (Phi) is 9.23. The number of carbonyl (C=O) groups excluding carboxylic acids is 1. The predicted octanol–water partition coefficient (Wildman–Crippen LogP) is 4.29. The van der Waals surface area contributed by atoms with Crippen molar-refractivity contribution in [2.75, 3.05) is 20.8 Å². The molecule has 0 bridgehead atoms. The molecule has 10 heteroatoms. The van der Waals surface area contributed by atoms with Gasteiger partial charge in [0.05, 0.1) is 34.0 Å². The molecule has 0 radical (unpaired) electrons. The molecule has 204 valence electrons. The van der Waals surface area contributed by atoms with Crippen molar-refractivity contribution < 1.29 is 23.6 Å². The lowest BCUT2D eigenvalue weighted by molar-refractivity contribution is 0.0824. The molecular formula is C29H32N4O5S. The fourth-order valence-corrected chi connectivity index (χ4v) is 4.93. The number of carbonyl (C=O) groups is 1. The zero-order chi connectivity index (χ0) is 27.8. The minimum Gasteiger partial charge on any atom is -0.588 e. The molecular weight excluding hydrogens is 516 g/mol. The Hall–Kier alpha value is -3.86. The van der Waals surface area contributed by atoms with Gasteiger partial charge in [-0.3, -0.25) is 9.48 Å². The number of hydrogen-bond donors (Lipinski definition) is 1. The van der Waals surface area contributed by atoms with Crippen LogP contribution >= 0.6 is 0 Å². The Morgan fingerprint density at radius 1 is 1.05 bits per heavy atom. The Labute approximate surface area is 231 Å². The molecule has 0 saturated heterocycles. The van der Waals surface area contributed by atoms with Crippen molar-refractivity contribution in [2.24, 2.45) is 0 Å². The average molecular weight is 549 g/mol. The molecule has 1 N–H and O–H groups in total. The summed E-state index contributed by atoms with van der Waals surface area (Å²) in [6, 6.07) is 20.5. The maximum atomic E-state index is 13.3. The summed E-state index contributed by atoms with van der Waals surface area (Å²) in [5, 5.41) is 4.18. The normalized spacial score (nSPS) is 12.1. The zero-order valence-electron chi connectivity index (χ0n) is 22.4. The van der Waals surface area contributed by atoms with Gasteiger partial charge < -0.3 is 18.8 Å². The molecule has 2 heterocycles. The predicted molar refractivity (Wildman–Crippen MR) is 148 cm³/mol. The number of methoxy groups -OCH3 is 2. The molecule has 9 nitrogen and oxygen atoms in total. The lowest BCUT2D eigenvalue weighted by Gasteiger charge is -2.26. The van der Waals surface area contributed by atoms with Gasteiger partial charge in [0.15, 0.2) is 5.75 Å². The van der Waals surface area contributed by atoms with Gasteiger partial charge in [-0.25, -0.2) is 4.98 Å². The van der Waals surface area contributed by atoms with Gasteiger partial charge in [0.2, 0.25) is 10.8 Å². The highest BCUT2D eigenvalue weighted by Crippen LogP contribution is 2.32. The molecule has 4 aromatic rings. The Morgan fingerprint density at radius 3 is 2.54 bits per heavy atom. The minimum atomic E-state index is -1.91. The third-order valence-corrected chi connectivity index (χ3v) is 7.25. The zero-order valence-corrected chi connectivity index (χ0v) is 23.2. The first-order valence-corrected chi connectivity index (χ1v) is 13.5. The van der Waals surface area contributed by atoms with E-state index in [1.54, 1.807) is 35.1 Å². The van der Waals surface area contributed by atoms with Gasteiger partial charge in [0.25, 0.3) is 0 Å². The van der Waals surface area contributed by atoms with Crippen LogP contribution in [0.5, 0.6) is 11.6 Å². The monoisotopic (exact) mass is 548 g/mol. The molecule has 2 aromatic heterocycles. The van der Waals surface area contributed by atoms with E-state index in [0.717, 1.165) is 16.7 Å². The summed E-state index contributed by atoms with van der Waals surface area (Å²) < 4.78 is 34.4. The second-order valence-corrected chi connectivity index (χ2v) is 10.7. The van der Waals surface area contributed by atoms with Gasteiger partial charge >= 0.3 is 5.91 Å². The van der Waals surface area contributed by atoms with Gasteiger partial charge in [-0.15, -0.1) is 0 Å². The molecule has 0 aliphatic rings. The molecule has 0 aliphatic carbocycles. The first-order chi connectivity index (χ1) is 18.8. The fraction of sp³-hybridized carbons (Fsp3) is 0.276. The molecule has 1 amide bonds. The number of nitrogens with one attached hydrogen (secondary N) is 1. The van der Waals surface area contributed by atoms with Crippen molar-refractivity contribution in [3.63, 3.8) is 0 Å². The summed E-state index contributed by atoms with van der Waals surface area (Å²) in [4.78, 5) is 17.6. The van der Waals surface area contributed by atoms with Crippen molar-refractivity contribution in [2.45, 2.75) is 37.3 Å². The second kappa shape index (κ2) is 12.8. The summed E-state index contributed by atoms with van der Waals surface area (Å²) in [6.07, 6.45) is 3.50. The van der Waals surface area contributed by atoms with E-state index in [0.29, 0.717) is 36.3 Å². The van der Waals surface area contributed by atoms with Crippen LogP contribution in [-0.2, 0) is 34.7 Å². The molecule has 0 saturated carbocycles. The molecule has 39 heavy (non-hydrogen) atoms. The maximum Gasteiger partial charge on any atom is 0.311 e. The van der Waals surface area contributed by atoms with Crippen LogP contribution in [-0.4, -0.2) is 46.1 Å². The maximum absolute atomic E-state index is 13.3. The Bertz CT molecular complexity index is 1380. The van der Waals surface area contributed by atoms with Crippen LogP contribution in [0.1, 0.15) is 41.0 Å². The van der Waals surface area contributed by atoms with Crippen LogP contribution < -0.4 is 14.2 Å². The summed E-state index contributed by atoms with van der Waals surface area (Å²) in [7, 11) is 2.98. The number of benzene rings is 2. The van der Waals surface area contributed by atoms with Crippen molar-refractivity contribution in [1.29, 1.82) is 0 Å². The lowest BCUT2D eigenvalue weighted by Crippen LogP contribution is -2.32. The molecule has 0 aliphatic heterocycles. The summed E-state index contributed by atoms with van der Waals surface area (Å²) in [5.74, 6) is 0.0921. The standard InChI is InChI=1S/C29H32N4O5S/c1-29(2,20-38-19-21-9-6-5-7-10-21)23-12-14-25(36-3)26(17-23)39(35)32-27(34)24-13-11-22(28(31-24)37-4)18-33-16-8-15-30-33/h5-17H,18-20H2,1-4H3,(H,32,34). The third-order valence-electron chi connectivity index (χ3n) is 6.16. The first-order valence-electron chi connectivity index (χ1n) is 12.3. The Balaban J connectivity index is 1.46. The van der Waals surface area contributed by atoms with Gasteiger partial charge in [0.1, 0.15) is 17.1 Å². The molecule has 1 atom stereocenters. The second-order valence-electron chi connectivity index (χ2n) is 9.50. The van der Waals surface area contributed by atoms with E-state index in [1.807, 2.05) is 62.5 Å². The van der Waals surface area contributed by atoms with Crippen LogP contribution in [0.3, 0.4) is 0 Å². The highest BCUT2D eigenvalue weighted by atomic mass is 32.2. The van der Waals surface area contributed by atoms with Crippen molar-refractivity contribution in [1.82, 2.24) is 19.5 Å². The average Bonchev–Trinajstić information content (AvgIpc) is 3.46. The third kappa shape index (κ3) is 7.17.